The molecule has 1 aromatic rings. The molecule has 3 atom stereocenters. The molecule has 0 aliphatic heterocycles. The molecule has 1 N–H and O–H groups in total. The van der Waals surface area contributed by atoms with Crippen molar-refractivity contribution < 1.29 is 5.11 Å². The Balaban J connectivity index is 1.72. The highest BCUT2D eigenvalue weighted by Crippen LogP contribution is 2.68. The lowest BCUT2D eigenvalue weighted by Crippen LogP contribution is -2.52. The second-order valence-corrected chi connectivity index (χ2v) is 9.02. The normalized spacial score (nSPS) is 45.6. The van der Waals surface area contributed by atoms with Crippen molar-refractivity contribution >= 4 is 22.9 Å². The first kappa shape index (κ1) is 12.7. The van der Waals surface area contributed by atoms with Gasteiger partial charge in [-0.1, -0.05) is 18.5 Å². The van der Waals surface area contributed by atoms with Crippen molar-refractivity contribution in [1.29, 1.82) is 0 Å². The minimum absolute atomic E-state index is 0.118. The van der Waals surface area contributed by atoms with E-state index < -0.39 is 0 Å². The van der Waals surface area contributed by atoms with Crippen molar-refractivity contribution in [2.75, 3.05) is 0 Å². The smallest absolute Gasteiger partial charge is 0.0953 e. The molecule has 1 aromatic heterocycles. The maximum atomic E-state index is 11.0. The summed E-state index contributed by atoms with van der Waals surface area (Å²) < 4.78 is 0. The number of aliphatic hydroxyl groups excluding tert-OH is 1. The van der Waals surface area contributed by atoms with Crippen molar-refractivity contribution in [3.05, 3.63) is 21.3 Å². The van der Waals surface area contributed by atoms with Crippen LogP contribution in [0.4, 0.5) is 0 Å². The lowest BCUT2D eigenvalue weighted by atomic mass is 9.43. The number of thiophene rings is 1. The van der Waals surface area contributed by atoms with E-state index in [9.17, 15) is 5.11 Å². The van der Waals surface area contributed by atoms with Crippen LogP contribution in [-0.4, -0.2) is 5.11 Å². The highest BCUT2D eigenvalue weighted by atomic mass is 35.5. The van der Waals surface area contributed by atoms with Crippen LogP contribution in [0.3, 0.4) is 0 Å². The van der Waals surface area contributed by atoms with Crippen LogP contribution in [0.1, 0.15) is 56.4 Å². The van der Waals surface area contributed by atoms with E-state index in [2.05, 4.69) is 6.92 Å². The first-order chi connectivity index (χ1) is 9.00. The van der Waals surface area contributed by atoms with Crippen molar-refractivity contribution in [1.82, 2.24) is 0 Å². The fourth-order valence-electron chi connectivity index (χ4n) is 5.90. The van der Waals surface area contributed by atoms with Gasteiger partial charge in [-0.15, -0.1) is 11.3 Å². The summed E-state index contributed by atoms with van der Waals surface area (Å²) in [4.78, 5) is 1.01. The average Bonchev–Trinajstić information content (AvgIpc) is 2.71. The first-order valence-electron chi connectivity index (χ1n) is 7.41. The molecule has 1 nitrogen and oxygen atoms in total. The summed E-state index contributed by atoms with van der Waals surface area (Å²) in [6.45, 7) is 2.45. The van der Waals surface area contributed by atoms with Gasteiger partial charge in [-0.2, -0.15) is 0 Å². The van der Waals surface area contributed by atoms with Crippen LogP contribution in [-0.2, 0) is 0 Å². The maximum absolute atomic E-state index is 11.0. The molecule has 0 aromatic carbocycles. The Labute approximate surface area is 124 Å². The quantitative estimate of drug-likeness (QED) is 0.810. The monoisotopic (exact) mass is 296 g/mol. The van der Waals surface area contributed by atoms with Gasteiger partial charge in [0, 0.05) is 5.41 Å². The van der Waals surface area contributed by atoms with Crippen LogP contribution >= 0.6 is 22.9 Å². The fraction of sp³-hybridized carbons (Fsp3) is 0.750. The Hall–Kier alpha value is -0.0500. The molecule has 3 unspecified atom stereocenters. The van der Waals surface area contributed by atoms with E-state index in [1.165, 1.54) is 38.5 Å². The van der Waals surface area contributed by atoms with E-state index in [1.54, 1.807) is 11.3 Å². The van der Waals surface area contributed by atoms with Gasteiger partial charge in [0.05, 0.1) is 16.0 Å². The summed E-state index contributed by atoms with van der Waals surface area (Å²) in [5.41, 5.74) is 0.599. The zero-order chi connectivity index (χ0) is 13.3. The molecule has 5 rings (SSSR count). The van der Waals surface area contributed by atoms with E-state index in [0.717, 1.165) is 21.7 Å². The molecule has 1 heterocycles. The molecule has 4 bridgehead atoms. The molecule has 4 saturated carbocycles. The largest absolute Gasteiger partial charge is 0.387 e. The van der Waals surface area contributed by atoms with Crippen molar-refractivity contribution in [3.8, 4) is 0 Å². The van der Waals surface area contributed by atoms with Crippen LogP contribution in [0.15, 0.2) is 11.4 Å². The average molecular weight is 297 g/mol. The summed E-state index contributed by atoms with van der Waals surface area (Å²) in [7, 11) is 0. The van der Waals surface area contributed by atoms with E-state index >= 15 is 0 Å². The predicted molar refractivity (Wildman–Crippen MR) is 79.5 cm³/mol. The predicted octanol–water partition coefficient (Wildman–Crippen LogP) is 5.04. The SMILES string of the molecule is CC12CC3CC(C1)CC(C(O)c1sccc1Cl)(C3)C2. The Morgan fingerprint density at radius 3 is 2.53 bits per heavy atom. The summed E-state index contributed by atoms with van der Waals surface area (Å²) in [6, 6.07) is 1.92. The summed E-state index contributed by atoms with van der Waals surface area (Å²) in [6.07, 6.45) is 7.46. The van der Waals surface area contributed by atoms with Gasteiger partial charge in [-0.3, -0.25) is 0 Å². The molecule has 0 amide bonds. The van der Waals surface area contributed by atoms with Gasteiger partial charge in [0.1, 0.15) is 0 Å². The third-order valence-electron chi connectivity index (χ3n) is 5.87. The Kier molecular flexibility index (Phi) is 2.66. The third-order valence-corrected chi connectivity index (χ3v) is 7.28. The molecule has 19 heavy (non-hydrogen) atoms. The minimum atomic E-state index is -0.342. The zero-order valence-corrected chi connectivity index (χ0v) is 12.9. The summed E-state index contributed by atoms with van der Waals surface area (Å²) in [5, 5.41) is 13.8. The zero-order valence-electron chi connectivity index (χ0n) is 11.4. The molecule has 4 fully saturated rings. The van der Waals surface area contributed by atoms with E-state index in [4.69, 9.17) is 11.6 Å². The summed E-state index contributed by atoms with van der Waals surface area (Å²) >= 11 is 7.88. The van der Waals surface area contributed by atoms with Gasteiger partial charge in [0.25, 0.3) is 0 Å². The molecule has 0 saturated heterocycles. The van der Waals surface area contributed by atoms with Gasteiger partial charge in [-0.05, 0) is 67.2 Å². The third kappa shape index (κ3) is 1.83. The molecule has 4 aliphatic rings. The number of hydrogen-bond acceptors (Lipinski definition) is 2. The second kappa shape index (κ2) is 3.99. The molecule has 4 aliphatic carbocycles. The molecule has 3 heteroatoms. The molecule has 0 spiro atoms. The van der Waals surface area contributed by atoms with Crippen LogP contribution in [0.5, 0.6) is 0 Å². The van der Waals surface area contributed by atoms with Crippen molar-refractivity contribution in [3.63, 3.8) is 0 Å². The van der Waals surface area contributed by atoms with Gasteiger partial charge >= 0.3 is 0 Å². The Morgan fingerprint density at radius 1 is 1.32 bits per heavy atom. The number of halogens is 1. The van der Waals surface area contributed by atoms with Crippen LogP contribution in [0, 0.1) is 22.7 Å². The minimum Gasteiger partial charge on any atom is -0.387 e. The van der Waals surface area contributed by atoms with Gasteiger partial charge in [-0.25, -0.2) is 0 Å². The van der Waals surface area contributed by atoms with Crippen molar-refractivity contribution in [2.45, 2.75) is 51.6 Å². The lowest BCUT2D eigenvalue weighted by Gasteiger charge is -2.62. The summed E-state index contributed by atoms with van der Waals surface area (Å²) in [5.74, 6) is 1.69. The Morgan fingerprint density at radius 2 is 2.00 bits per heavy atom. The molecule has 0 radical (unpaired) electrons. The number of hydrogen-bond donors (Lipinski definition) is 1. The van der Waals surface area contributed by atoms with Crippen LogP contribution in [0.2, 0.25) is 5.02 Å². The molecular weight excluding hydrogens is 276 g/mol. The van der Waals surface area contributed by atoms with E-state index in [0.29, 0.717) is 5.41 Å². The Bertz CT molecular complexity index is 495. The number of aliphatic hydroxyl groups is 1. The lowest BCUT2D eigenvalue weighted by molar-refractivity contribution is -0.154. The maximum Gasteiger partial charge on any atom is 0.0953 e. The van der Waals surface area contributed by atoms with Gasteiger partial charge < -0.3 is 5.11 Å². The first-order valence-corrected chi connectivity index (χ1v) is 8.66. The highest BCUT2D eigenvalue weighted by Gasteiger charge is 2.58. The van der Waals surface area contributed by atoms with Crippen molar-refractivity contribution in [2.24, 2.45) is 22.7 Å². The standard InChI is InChI=1S/C16H21ClOS/c1-15-5-10-4-11(6-15)8-16(7-10,9-15)14(18)13-12(17)2-3-19-13/h2-3,10-11,14,18H,4-9H2,1H3. The fourth-order valence-corrected chi connectivity index (χ4v) is 7.18. The number of rotatable bonds is 2. The van der Waals surface area contributed by atoms with Crippen LogP contribution < -0.4 is 0 Å². The van der Waals surface area contributed by atoms with Gasteiger partial charge in [0.2, 0.25) is 0 Å². The molecule has 104 valence electrons. The van der Waals surface area contributed by atoms with Crippen LogP contribution in [0.25, 0.3) is 0 Å². The van der Waals surface area contributed by atoms with Gasteiger partial charge in [0.15, 0.2) is 0 Å². The highest BCUT2D eigenvalue weighted by molar-refractivity contribution is 7.10. The topological polar surface area (TPSA) is 20.2 Å². The second-order valence-electron chi connectivity index (χ2n) is 7.67. The molecular formula is C16H21ClOS. The van der Waals surface area contributed by atoms with E-state index in [1.807, 2.05) is 11.4 Å². The van der Waals surface area contributed by atoms with E-state index in [-0.39, 0.29) is 11.5 Å².